The van der Waals surface area contributed by atoms with Gasteiger partial charge in [0, 0.05) is 6.92 Å². The maximum absolute atomic E-state index is 12.3. The molecule has 120 valence electrons. The molecule has 0 amide bonds. The Labute approximate surface area is 135 Å². The number of aryl methyl sites for hydroxylation is 1. The smallest absolute Gasteiger partial charge is 0.366 e. The van der Waals surface area contributed by atoms with Crippen LogP contribution in [0.3, 0.4) is 0 Å². The quantitative estimate of drug-likeness (QED) is 0.242. The number of imidazole rings is 1. The highest BCUT2D eigenvalue weighted by Crippen LogP contribution is 2.19. The highest BCUT2D eigenvalue weighted by molar-refractivity contribution is 6.01. The number of methoxy groups -OCH3 is 1. The largest absolute Gasteiger partial charge is 1.00 e. The molecule has 1 heterocycles. The maximum atomic E-state index is 12.3. The van der Waals surface area contributed by atoms with Gasteiger partial charge in [-0.3, -0.25) is 0 Å². The van der Waals surface area contributed by atoms with Crippen LogP contribution in [0, 0.1) is 0 Å². The third-order valence-electron chi connectivity index (χ3n) is 3.25. The lowest BCUT2D eigenvalue weighted by Gasteiger charge is -2.21. The number of halogens is 1. The Morgan fingerprint density at radius 3 is 2.43 bits per heavy atom. The SMILES string of the molecule is CCCCCOC(=O)[C@@](C)(C(=O)OC)n1cc[n+](C)c1.[Br-]. The highest BCUT2D eigenvalue weighted by Gasteiger charge is 2.50. The van der Waals surface area contributed by atoms with Crippen LogP contribution in [-0.4, -0.2) is 30.2 Å². The summed E-state index contributed by atoms with van der Waals surface area (Å²) >= 11 is 0. The number of carbonyl (C=O) groups is 2. The molecule has 0 aliphatic heterocycles. The van der Waals surface area contributed by atoms with Gasteiger partial charge >= 0.3 is 17.5 Å². The van der Waals surface area contributed by atoms with E-state index in [1.54, 1.807) is 30.3 Å². The number of carbonyl (C=O) groups excluding carboxylic acids is 2. The summed E-state index contributed by atoms with van der Waals surface area (Å²) in [5.74, 6) is -1.24. The minimum absolute atomic E-state index is 0. The van der Waals surface area contributed by atoms with Crippen LogP contribution in [0.4, 0.5) is 0 Å². The van der Waals surface area contributed by atoms with E-state index in [0.717, 1.165) is 19.3 Å². The first kappa shape index (κ1) is 19.6. The molecule has 0 fully saturated rings. The van der Waals surface area contributed by atoms with Crippen LogP contribution < -0.4 is 21.5 Å². The number of hydrogen-bond acceptors (Lipinski definition) is 4. The Morgan fingerprint density at radius 2 is 1.95 bits per heavy atom. The summed E-state index contributed by atoms with van der Waals surface area (Å²) in [7, 11) is 3.06. The van der Waals surface area contributed by atoms with Crippen LogP contribution in [0.5, 0.6) is 0 Å². The first-order valence-electron chi connectivity index (χ1n) is 6.76. The van der Waals surface area contributed by atoms with Gasteiger partial charge in [0.15, 0.2) is 0 Å². The van der Waals surface area contributed by atoms with Gasteiger partial charge in [0.05, 0.1) is 20.8 Å². The van der Waals surface area contributed by atoms with Gasteiger partial charge in [0.25, 0.3) is 0 Å². The van der Waals surface area contributed by atoms with Crippen molar-refractivity contribution in [2.75, 3.05) is 13.7 Å². The molecule has 0 radical (unpaired) electrons. The number of ether oxygens (including phenoxy) is 2. The number of hydrogen-bond donors (Lipinski definition) is 0. The van der Waals surface area contributed by atoms with Gasteiger partial charge in [0.2, 0.25) is 6.33 Å². The number of unbranched alkanes of at least 4 members (excludes halogenated alkanes) is 2. The van der Waals surface area contributed by atoms with E-state index in [-0.39, 0.29) is 17.0 Å². The predicted octanol–water partition coefficient (Wildman–Crippen LogP) is -2.06. The second-order valence-electron chi connectivity index (χ2n) is 4.89. The lowest BCUT2D eigenvalue weighted by molar-refractivity contribution is -0.671. The molecule has 0 bridgehead atoms. The van der Waals surface area contributed by atoms with Gasteiger partial charge in [-0.25, -0.2) is 18.7 Å². The third kappa shape index (κ3) is 4.56. The molecule has 21 heavy (non-hydrogen) atoms. The van der Waals surface area contributed by atoms with Gasteiger partial charge < -0.3 is 26.5 Å². The van der Waals surface area contributed by atoms with Gasteiger partial charge in [-0.15, -0.1) is 0 Å². The molecular weight excluding hydrogens is 340 g/mol. The fourth-order valence-electron chi connectivity index (χ4n) is 1.87. The fourth-order valence-corrected chi connectivity index (χ4v) is 1.87. The molecule has 7 heteroatoms. The second kappa shape index (κ2) is 8.81. The maximum Gasteiger partial charge on any atom is 0.366 e. The molecule has 1 rings (SSSR count). The molecule has 1 aromatic heterocycles. The molecule has 0 N–H and O–H groups in total. The molecule has 0 aliphatic rings. The van der Waals surface area contributed by atoms with E-state index in [9.17, 15) is 9.59 Å². The molecule has 1 atom stereocenters. The normalized spacial score (nSPS) is 13.0. The minimum atomic E-state index is -1.50. The predicted molar refractivity (Wildman–Crippen MR) is 71.8 cm³/mol. The standard InChI is InChI=1S/C14H23N2O4.BrH/c1-5-6-7-10-20-13(18)14(2,12(17)19-4)16-9-8-15(3)11-16;/h8-9,11H,5-7,10H2,1-4H3;1H/q+1;/p-1/t14-;/m1./s1. The van der Waals surface area contributed by atoms with Crippen molar-refractivity contribution in [3.8, 4) is 0 Å². The van der Waals surface area contributed by atoms with Gasteiger partial charge in [-0.1, -0.05) is 19.8 Å². The van der Waals surface area contributed by atoms with Crippen LogP contribution in [0.15, 0.2) is 18.7 Å². The van der Waals surface area contributed by atoms with Crippen molar-refractivity contribution in [3.05, 3.63) is 18.7 Å². The molecular formula is C14H23BrN2O4. The van der Waals surface area contributed by atoms with Crippen LogP contribution in [0.2, 0.25) is 0 Å². The van der Waals surface area contributed by atoms with Crippen molar-refractivity contribution in [1.29, 1.82) is 0 Å². The van der Waals surface area contributed by atoms with Crippen LogP contribution in [-0.2, 0) is 31.6 Å². The van der Waals surface area contributed by atoms with E-state index in [2.05, 4.69) is 6.92 Å². The summed E-state index contributed by atoms with van der Waals surface area (Å²) in [5.41, 5.74) is -1.50. The molecule has 0 aliphatic carbocycles. The van der Waals surface area contributed by atoms with Crippen LogP contribution >= 0.6 is 0 Å². The van der Waals surface area contributed by atoms with E-state index in [1.165, 1.54) is 18.6 Å². The zero-order chi connectivity index (χ0) is 15.2. The Morgan fingerprint density at radius 1 is 1.29 bits per heavy atom. The zero-order valence-corrected chi connectivity index (χ0v) is 14.6. The van der Waals surface area contributed by atoms with Crippen LogP contribution in [0.25, 0.3) is 0 Å². The molecule has 0 saturated heterocycles. The van der Waals surface area contributed by atoms with E-state index < -0.39 is 17.5 Å². The second-order valence-corrected chi connectivity index (χ2v) is 4.89. The summed E-state index contributed by atoms with van der Waals surface area (Å²) in [4.78, 5) is 24.3. The summed E-state index contributed by atoms with van der Waals surface area (Å²) in [6.07, 6.45) is 7.85. The van der Waals surface area contributed by atoms with Crippen molar-refractivity contribution < 1.29 is 40.6 Å². The fraction of sp³-hybridized carbons (Fsp3) is 0.643. The van der Waals surface area contributed by atoms with E-state index in [4.69, 9.17) is 9.47 Å². The average molecular weight is 363 g/mol. The van der Waals surface area contributed by atoms with E-state index in [0.29, 0.717) is 6.61 Å². The first-order chi connectivity index (χ1) is 9.46. The minimum Gasteiger partial charge on any atom is -1.00 e. The number of esters is 2. The van der Waals surface area contributed by atoms with Gasteiger partial charge in [-0.2, -0.15) is 0 Å². The molecule has 6 nitrogen and oxygen atoms in total. The molecule has 0 saturated carbocycles. The Balaban J connectivity index is 0.00000400. The monoisotopic (exact) mass is 362 g/mol. The van der Waals surface area contributed by atoms with Gasteiger partial charge in [0.1, 0.15) is 12.4 Å². The first-order valence-corrected chi connectivity index (χ1v) is 6.76. The number of aromatic nitrogens is 2. The topological polar surface area (TPSA) is 61.4 Å². The summed E-state index contributed by atoms with van der Waals surface area (Å²) in [6, 6.07) is 0. The number of nitrogens with zero attached hydrogens (tertiary/aromatic N) is 2. The summed E-state index contributed by atoms with van der Waals surface area (Å²) in [6.45, 7) is 3.88. The summed E-state index contributed by atoms with van der Waals surface area (Å²) in [5, 5.41) is 0. The Hall–Kier alpha value is -1.37. The Bertz CT molecular complexity index is 475. The molecule has 0 spiro atoms. The lowest BCUT2D eigenvalue weighted by Crippen LogP contribution is -3.00. The van der Waals surface area contributed by atoms with E-state index in [1.807, 2.05) is 0 Å². The Kier molecular flexibility index (Phi) is 8.24. The van der Waals surface area contributed by atoms with Crippen molar-refractivity contribution in [2.24, 2.45) is 7.05 Å². The van der Waals surface area contributed by atoms with Crippen molar-refractivity contribution >= 4 is 11.9 Å². The average Bonchev–Trinajstić information content (AvgIpc) is 2.88. The van der Waals surface area contributed by atoms with E-state index >= 15 is 0 Å². The zero-order valence-electron chi connectivity index (χ0n) is 13.0. The van der Waals surface area contributed by atoms with Crippen molar-refractivity contribution in [1.82, 2.24) is 4.57 Å². The van der Waals surface area contributed by atoms with Crippen molar-refractivity contribution in [2.45, 2.75) is 38.6 Å². The summed E-state index contributed by atoms with van der Waals surface area (Å²) < 4.78 is 13.2. The lowest BCUT2D eigenvalue weighted by atomic mass is 10.0. The highest BCUT2D eigenvalue weighted by atomic mass is 79.9. The van der Waals surface area contributed by atoms with Crippen LogP contribution in [0.1, 0.15) is 33.1 Å². The third-order valence-corrected chi connectivity index (χ3v) is 3.25. The van der Waals surface area contributed by atoms with Gasteiger partial charge in [-0.05, 0) is 6.42 Å². The molecule has 0 unspecified atom stereocenters. The number of rotatable bonds is 7. The van der Waals surface area contributed by atoms with Crippen molar-refractivity contribution in [3.63, 3.8) is 0 Å². The molecule has 0 aromatic carbocycles. The molecule has 1 aromatic rings.